The van der Waals surface area contributed by atoms with Crippen molar-refractivity contribution in [1.29, 1.82) is 5.26 Å². The fourth-order valence-electron chi connectivity index (χ4n) is 2.12. The number of hydrogen-bond donors (Lipinski definition) is 0. The summed E-state index contributed by atoms with van der Waals surface area (Å²) in [6.45, 7) is 0. The van der Waals surface area contributed by atoms with Gasteiger partial charge in [0.25, 0.3) is 0 Å². The Morgan fingerprint density at radius 3 is 2.58 bits per heavy atom. The smallest absolute Gasteiger partial charge is 0.121 e. The summed E-state index contributed by atoms with van der Waals surface area (Å²) >= 11 is 0. The minimum Gasteiger partial charge on any atom is -0.186 e. The highest BCUT2D eigenvalue weighted by Gasteiger charge is 2.39. The molecule has 0 amide bonds. The maximum Gasteiger partial charge on any atom is 0.121 e. The van der Waals surface area contributed by atoms with Crippen LogP contribution in [0, 0.1) is 16.6 Å². The first-order chi connectivity index (χ1) is 5.76. The summed E-state index contributed by atoms with van der Waals surface area (Å²) in [7, 11) is -0.955. The highest BCUT2D eigenvalue weighted by Crippen LogP contribution is 2.71. The average Bonchev–Trinajstić information content (AvgIpc) is 2.81. The van der Waals surface area contributed by atoms with Gasteiger partial charge < -0.3 is 0 Å². The van der Waals surface area contributed by atoms with E-state index >= 15 is 0 Å². The van der Waals surface area contributed by atoms with Crippen molar-refractivity contribution >= 4 is 10.0 Å². The molecule has 0 aromatic rings. The van der Waals surface area contributed by atoms with Crippen LogP contribution in [0.2, 0.25) is 0 Å². The third-order valence-electron chi connectivity index (χ3n) is 2.98. The van der Waals surface area contributed by atoms with E-state index in [1.54, 1.807) is 0 Å². The SMILES string of the molecule is CS1(C#N)C=C1C1CCCCC1. The van der Waals surface area contributed by atoms with Crippen molar-refractivity contribution in [1.82, 2.24) is 0 Å². The van der Waals surface area contributed by atoms with E-state index in [0.717, 1.165) is 5.92 Å². The predicted octanol–water partition coefficient (Wildman–Crippen LogP) is 3.34. The molecule has 0 aromatic heterocycles. The Balaban J connectivity index is 1.96. The van der Waals surface area contributed by atoms with Crippen molar-refractivity contribution in [3.8, 4) is 5.40 Å². The van der Waals surface area contributed by atoms with Crippen molar-refractivity contribution in [3.63, 3.8) is 0 Å². The molecule has 2 aliphatic rings. The van der Waals surface area contributed by atoms with E-state index in [1.165, 1.54) is 37.0 Å². The molecule has 2 heteroatoms. The van der Waals surface area contributed by atoms with Crippen LogP contribution in [0.5, 0.6) is 0 Å². The Hall–Kier alpha value is -0.420. The largest absolute Gasteiger partial charge is 0.186 e. The molecule has 66 valence electrons. The zero-order chi connectivity index (χ0) is 8.60. The molecule has 0 radical (unpaired) electrons. The molecule has 0 N–H and O–H groups in total. The number of allylic oxidation sites excluding steroid dienone is 1. The summed E-state index contributed by atoms with van der Waals surface area (Å²) in [6.07, 6.45) is 8.97. The molecule has 0 aromatic carbocycles. The number of rotatable bonds is 1. The lowest BCUT2D eigenvalue weighted by Gasteiger charge is -2.21. The minimum absolute atomic E-state index is 0.790. The summed E-state index contributed by atoms with van der Waals surface area (Å²) in [4.78, 5) is 1.52. The molecule has 2 rings (SSSR count). The third-order valence-corrected chi connectivity index (χ3v) is 5.26. The van der Waals surface area contributed by atoms with Crippen LogP contribution in [-0.2, 0) is 0 Å². The molecule has 1 heterocycles. The van der Waals surface area contributed by atoms with E-state index in [2.05, 4.69) is 17.1 Å². The van der Waals surface area contributed by atoms with Gasteiger partial charge in [-0.05, 0) is 35.3 Å². The molecular weight excluding hydrogens is 166 g/mol. The van der Waals surface area contributed by atoms with Crippen LogP contribution in [0.1, 0.15) is 32.1 Å². The zero-order valence-electron chi connectivity index (χ0n) is 7.55. The lowest BCUT2D eigenvalue weighted by atomic mass is 9.89. The van der Waals surface area contributed by atoms with Crippen molar-refractivity contribution < 1.29 is 0 Å². The lowest BCUT2D eigenvalue weighted by molar-refractivity contribution is 0.417. The van der Waals surface area contributed by atoms with Crippen LogP contribution in [0.15, 0.2) is 10.3 Å². The molecule has 12 heavy (non-hydrogen) atoms. The maximum absolute atomic E-state index is 8.90. The van der Waals surface area contributed by atoms with Gasteiger partial charge in [-0.15, -0.1) is 10.0 Å². The summed E-state index contributed by atoms with van der Waals surface area (Å²) in [5.74, 6) is 0.790. The second kappa shape index (κ2) is 2.81. The normalized spacial score (nSPS) is 40.8. The highest BCUT2D eigenvalue weighted by atomic mass is 32.3. The van der Waals surface area contributed by atoms with Gasteiger partial charge in [-0.3, -0.25) is 0 Å². The Morgan fingerprint density at radius 1 is 1.42 bits per heavy atom. The lowest BCUT2D eigenvalue weighted by Crippen LogP contribution is -2.05. The molecule has 1 fully saturated rings. The first-order valence-corrected chi connectivity index (χ1v) is 6.77. The molecule has 0 bridgehead atoms. The van der Waals surface area contributed by atoms with Gasteiger partial charge in [0.15, 0.2) is 0 Å². The van der Waals surface area contributed by atoms with Gasteiger partial charge in [-0.1, -0.05) is 19.3 Å². The van der Waals surface area contributed by atoms with Crippen molar-refractivity contribution in [2.24, 2.45) is 5.92 Å². The minimum atomic E-state index is -0.955. The Kier molecular flexibility index (Phi) is 1.92. The highest BCUT2D eigenvalue weighted by molar-refractivity contribution is 8.47. The quantitative estimate of drug-likeness (QED) is 0.569. The van der Waals surface area contributed by atoms with Crippen LogP contribution in [-0.4, -0.2) is 6.26 Å². The molecule has 1 aliphatic carbocycles. The Morgan fingerprint density at radius 2 is 2.08 bits per heavy atom. The average molecular weight is 181 g/mol. The number of nitriles is 1. The van der Waals surface area contributed by atoms with E-state index < -0.39 is 10.0 Å². The molecule has 1 aliphatic heterocycles. The Labute approximate surface area is 75.8 Å². The number of nitrogens with zero attached hydrogens (tertiary/aromatic N) is 1. The first-order valence-electron chi connectivity index (χ1n) is 4.67. The van der Waals surface area contributed by atoms with Crippen molar-refractivity contribution in [3.05, 3.63) is 10.3 Å². The molecule has 0 saturated heterocycles. The van der Waals surface area contributed by atoms with Gasteiger partial charge in [0, 0.05) is 0 Å². The first kappa shape index (κ1) is 8.19. The van der Waals surface area contributed by atoms with E-state index in [1.807, 2.05) is 0 Å². The molecule has 1 saturated carbocycles. The molecule has 1 unspecified atom stereocenters. The standard InChI is InChI=1S/C10H15NS/c1-12(8-11)7-10(12)9-5-3-2-4-6-9/h7,9H,2-6H2,1H3. The monoisotopic (exact) mass is 181 g/mol. The van der Waals surface area contributed by atoms with Gasteiger partial charge >= 0.3 is 0 Å². The van der Waals surface area contributed by atoms with Crippen molar-refractivity contribution in [2.45, 2.75) is 32.1 Å². The van der Waals surface area contributed by atoms with E-state index in [-0.39, 0.29) is 0 Å². The van der Waals surface area contributed by atoms with E-state index in [4.69, 9.17) is 5.26 Å². The fourth-order valence-corrected chi connectivity index (χ4v) is 4.25. The van der Waals surface area contributed by atoms with E-state index in [9.17, 15) is 0 Å². The van der Waals surface area contributed by atoms with Crippen LogP contribution >= 0.6 is 10.0 Å². The summed E-state index contributed by atoms with van der Waals surface area (Å²) in [6, 6.07) is 0. The topological polar surface area (TPSA) is 23.8 Å². The third kappa shape index (κ3) is 1.27. The molecule has 1 nitrogen and oxygen atoms in total. The molecular formula is C10H15NS. The number of thiocyanates is 1. The summed E-state index contributed by atoms with van der Waals surface area (Å²) < 4.78 is 0. The summed E-state index contributed by atoms with van der Waals surface area (Å²) in [5.41, 5.74) is 0. The van der Waals surface area contributed by atoms with Crippen molar-refractivity contribution in [2.75, 3.05) is 6.26 Å². The van der Waals surface area contributed by atoms with Gasteiger partial charge in [-0.2, -0.15) is 5.26 Å². The van der Waals surface area contributed by atoms with Gasteiger partial charge in [-0.25, -0.2) is 0 Å². The van der Waals surface area contributed by atoms with Gasteiger partial charge in [0.05, 0.1) is 0 Å². The second-order valence-electron chi connectivity index (χ2n) is 3.93. The zero-order valence-corrected chi connectivity index (χ0v) is 8.36. The van der Waals surface area contributed by atoms with Crippen LogP contribution < -0.4 is 0 Å². The second-order valence-corrected chi connectivity index (χ2v) is 6.78. The predicted molar refractivity (Wildman–Crippen MR) is 53.8 cm³/mol. The van der Waals surface area contributed by atoms with Crippen LogP contribution in [0.4, 0.5) is 0 Å². The fraction of sp³-hybridized carbons (Fsp3) is 0.700. The molecule has 1 atom stereocenters. The van der Waals surface area contributed by atoms with E-state index in [0.29, 0.717) is 0 Å². The Bertz CT molecular complexity index is 258. The number of hydrogen-bond acceptors (Lipinski definition) is 1. The summed E-state index contributed by atoms with van der Waals surface area (Å²) in [5, 5.41) is 13.6. The molecule has 0 spiro atoms. The van der Waals surface area contributed by atoms with Gasteiger partial charge in [0.1, 0.15) is 5.40 Å². The van der Waals surface area contributed by atoms with Gasteiger partial charge in [0.2, 0.25) is 0 Å². The maximum atomic E-state index is 8.90. The van der Waals surface area contributed by atoms with Crippen LogP contribution in [0.3, 0.4) is 0 Å². The van der Waals surface area contributed by atoms with Crippen LogP contribution in [0.25, 0.3) is 0 Å².